The van der Waals surface area contributed by atoms with Crippen LogP contribution < -0.4 is 5.32 Å². The smallest absolute Gasteiger partial charge is 0.321 e. The van der Waals surface area contributed by atoms with Crippen molar-refractivity contribution in [2.24, 2.45) is 0 Å². The quantitative estimate of drug-likeness (QED) is 0.706. The molecule has 164 valence electrons. The van der Waals surface area contributed by atoms with Crippen LogP contribution in [0.1, 0.15) is 54.1 Å². The molecule has 3 amide bonds. The highest BCUT2D eigenvalue weighted by Crippen LogP contribution is 2.44. The second-order valence-corrected chi connectivity index (χ2v) is 10.2. The van der Waals surface area contributed by atoms with Crippen molar-refractivity contribution in [1.29, 1.82) is 0 Å². The van der Waals surface area contributed by atoms with E-state index in [1.54, 1.807) is 0 Å². The van der Waals surface area contributed by atoms with E-state index in [4.69, 9.17) is 0 Å². The van der Waals surface area contributed by atoms with Crippen LogP contribution in [-0.4, -0.2) is 52.0 Å². The van der Waals surface area contributed by atoms with Gasteiger partial charge in [0.1, 0.15) is 0 Å². The fraction of sp³-hybridized carbons (Fsp3) is 0.440. The Labute approximate surface area is 189 Å². The number of thioether (sulfide) groups is 1. The lowest BCUT2D eigenvalue weighted by atomic mass is 10.00. The lowest BCUT2D eigenvalue weighted by Crippen LogP contribution is -2.54. The number of piperidine rings is 1. The van der Waals surface area contributed by atoms with Gasteiger partial charge in [-0.25, -0.2) is 4.79 Å². The Balaban J connectivity index is 1.39. The molecule has 2 fully saturated rings. The first kappa shape index (κ1) is 21.8. The number of hydrogen-bond donors (Lipinski definition) is 1. The molecule has 2 saturated heterocycles. The summed E-state index contributed by atoms with van der Waals surface area (Å²) in [6, 6.07) is 15.8. The van der Waals surface area contributed by atoms with Gasteiger partial charge < -0.3 is 15.1 Å². The maximum Gasteiger partial charge on any atom is 0.321 e. The third kappa shape index (κ3) is 4.45. The third-order valence-corrected chi connectivity index (χ3v) is 8.01. The second kappa shape index (κ2) is 8.95. The molecule has 0 saturated carbocycles. The fourth-order valence-corrected chi connectivity index (χ4v) is 5.94. The molecule has 0 aromatic heterocycles. The molecule has 2 aromatic carbocycles. The van der Waals surface area contributed by atoms with E-state index in [2.05, 4.69) is 36.2 Å². The summed E-state index contributed by atoms with van der Waals surface area (Å²) < 4.78 is 0. The summed E-state index contributed by atoms with van der Waals surface area (Å²) in [5.74, 6) is 1.54. The summed E-state index contributed by atoms with van der Waals surface area (Å²) in [4.78, 5) is 29.8. The number of nitrogens with one attached hydrogen (secondary N) is 1. The molecule has 31 heavy (non-hydrogen) atoms. The zero-order chi connectivity index (χ0) is 22.0. The van der Waals surface area contributed by atoms with Gasteiger partial charge in [0.25, 0.3) is 5.91 Å². The van der Waals surface area contributed by atoms with Crippen molar-refractivity contribution in [2.75, 3.05) is 30.7 Å². The maximum absolute atomic E-state index is 13.3. The lowest BCUT2D eigenvalue weighted by molar-refractivity contribution is 0.0585. The predicted molar refractivity (Wildman–Crippen MR) is 128 cm³/mol. The number of urea groups is 1. The molecule has 2 aliphatic rings. The van der Waals surface area contributed by atoms with Crippen molar-refractivity contribution >= 4 is 29.4 Å². The third-order valence-electron chi connectivity index (χ3n) is 6.46. The van der Waals surface area contributed by atoms with Gasteiger partial charge in [-0.1, -0.05) is 44.2 Å². The molecule has 4 rings (SSSR count). The van der Waals surface area contributed by atoms with Gasteiger partial charge in [0.2, 0.25) is 0 Å². The highest BCUT2D eigenvalue weighted by atomic mass is 32.2. The number of carbonyl (C=O) groups excluding carboxylic acids is 2. The highest BCUT2D eigenvalue weighted by molar-refractivity contribution is 8.00. The Morgan fingerprint density at radius 1 is 1.00 bits per heavy atom. The van der Waals surface area contributed by atoms with Crippen LogP contribution in [0, 0.1) is 6.92 Å². The van der Waals surface area contributed by atoms with E-state index in [0.29, 0.717) is 19.0 Å². The van der Waals surface area contributed by atoms with Crippen LogP contribution in [0.2, 0.25) is 0 Å². The number of amides is 3. The molecule has 2 aromatic rings. The van der Waals surface area contributed by atoms with Gasteiger partial charge in [-0.05, 0) is 55.0 Å². The van der Waals surface area contributed by atoms with E-state index in [-0.39, 0.29) is 16.8 Å². The van der Waals surface area contributed by atoms with Crippen molar-refractivity contribution in [2.45, 2.75) is 44.4 Å². The van der Waals surface area contributed by atoms with Gasteiger partial charge in [-0.3, -0.25) is 4.79 Å². The van der Waals surface area contributed by atoms with E-state index in [1.807, 2.05) is 60.0 Å². The average Bonchev–Trinajstić information content (AvgIpc) is 3.17. The monoisotopic (exact) mass is 437 g/mol. The lowest BCUT2D eigenvalue weighted by Gasteiger charge is -2.44. The molecule has 0 unspecified atom stereocenters. The molecule has 0 atom stereocenters. The van der Waals surface area contributed by atoms with E-state index in [1.165, 1.54) is 5.56 Å². The summed E-state index contributed by atoms with van der Waals surface area (Å²) in [6.45, 7) is 8.38. The molecule has 0 radical (unpaired) electrons. The van der Waals surface area contributed by atoms with Crippen molar-refractivity contribution < 1.29 is 9.59 Å². The minimum atomic E-state index is -0.199. The maximum atomic E-state index is 13.3. The summed E-state index contributed by atoms with van der Waals surface area (Å²) in [5.41, 5.74) is 3.88. The van der Waals surface area contributed by atoms with E-state index < -0.39 is 0 Å². The number of likely N-dealkylation sites (tertiary alicyclic amines) is 1. The van der Waals surface area contributed by atoms with Gasteiger partial charge >= 0.3 is 6.03 Å². The molecule has 5 nitrogen and oxygen atoms in total. The SMILES string of the molecule is Cc1ccccc1C(=O)N1CCSC12CCN(C(=O)Nc1ccc(C(C)C)cc1)CC2. The van der Waals surface area contributed by atoms with Crippen molar-refractivity contribution in [1.82, 2.24) is 9.80 Å². The number of aryl methyl sites for hydroxylation is 1. The van der Waals surface area contributed by atoms with Crippen LogP contribution in [0.15, 0.2) is 48.5 Å². The number of anilines is 1. The Morgan fingerprint density at radius 2 is 1.68 bits per heavy atom. The van der Waals surface area contributed by atoms with Gasteiger partial charge in [0.15, 0.2) is 0 Å². The number of rotatable bonds is 3. The number of hydrogen-bond acceptors (Lipinski definition) is 3. The standard InChI is InChI=1S/C25H31N3O2S/c1-18(2)20-8-10-21(11-9-20)26-24(30)27-14-12-25(13-15-27)28(16-17-31-25)23(29)22-7-5-4-6-19(22)3/h4-11,18H,12-17H2,1-3H3,(H,26,30). The predicted octanol–water partition coefficient (Wildman–Crippen LogP) is 5.33. The van der Waals surface area contributed by atoms with Crippen LogP contribution in [0.25, 0.3) is 0 Å². The summed E-state index contributed by atoms with van der Waals surface area (Å²) in [5, 5.41) is 3.02. The summed E-state index contributed by atoms with van der Waals surface area (Å²) in [7, 11) is 0. The Hall–Kier alpha value is -2.47. The average molecular weight is 438 g/mol. The molecule has 0 bridgehead atoms. The van der Waals surface area contributed by atoms with Crippen LogP contribution in [-0.2, 0) is 0 Å². The summed E-state index contributed by atoms with van der Waals surface area (Å²) in [6.07, 6.45) is 1.60. The Morgan fingerprint density at radius 3 is 2.32 bits per heavy atom. The number of benzene rings is 2. The van der Waals surface area contributed by atoms with Crippen LogP contribution in [0.4, 0.5) is 10.5 Å². The topological polar surface area (TPSA) is 52.7 Å². The first-order chi connectivity index (χ1) is 14.9. The number of carbonyl (C=O) groups is 2. The van der Waals surface area contributed by atoms with E-state index in [0.717, 1.165) is 42.0 Å². The fourth-order valence-electron chi connectivity index (χ4n) is 4.48. The molecule has 6 heteroatoms. The molecule has 2 heterocycles. The Kier molecular flexibility index (Phi) is 6.28. The zero-order valence-corrected chi connectivity index (χ0v) is 19.4. The minimum absolute atomic E-state index is 0.0630. The molecule has 2 aliphatic heterocycles. The van der Waals surface area contributed by atoms with Gasteiger partial charge in [-0.2, -0.15) is 0 Å². The Bertz CT molecular complexity index is 949. The van der Waals surface area contributed by atoms with Crippen LogP contribution in [0.5, 0.6) is 0 Å². The molecule has 0 aliphatic carbocycles. The van der Waals surface area contributed by atoms with Gasteiger partial charge in [0.05, 0.1) is 4.87 Å². The van der Waals surface area contributed by atoms with Crippen LogP contribution >= 0.6 is 11.8 Å². The largest absolute Gasteiger partial charge is 0.324 e. The summed E-state index contributed by atoms with van der Waals surface area (Å²) >= 11 is 1.87. The van der Waals surface area contributed by atoms with E-state index in [9.17, 15) is 9.59 Å². The first-order valence-electron chi connectivity index (χ1n) is 11.1. The van der Waals surface area contributed by atoms with Gasteiger partial charge in [0, 0.05) is 36.6 Å². The van der Waals surface area contributed by atoms with Crippen LogP contribution in [0.3, 0.4) is 0 Å². The first-order valence-corrected chi connectivity index (χ1v) is 12.1. The molecular formula is C25H31N3O2S. The normalized spacial score (nSPS) is 17.9. The molecule has 1 spiro atoms. The van der Waals surface area contributed by atoms with Crippen molar-refractivity contribution in [3.63, 3.8) is 0 Å². The number of nitrogens with zero attached hydrogens (tertiary/aromatic N) is 2. The van der Waals surface area contributed by atoms with Crippen molar-refractivity contribution in [3.05, 3.63) is 65.2 Å². The van der Waals surface area contributed by atoms with Gasteiger partial charge in [-0.15, -0.1) is 11.8 Å². The molecule has 1 N–H and O–H groups in total. The highest BCUT2D eigenvalue weighted by Gasteiger charge is 2.47. The van der Waals surface area contributed by atoms with Crippen molar-refractivity contribution in [3.8, 4) is 0 Å². The second-order valence-electron chi connectivity index (χ2n) is 8.76. The minimum Gasteiger partial charge on any atom is -0.324 e. The molecular weight excluding hydrogens is 406 g/mol. The zero-order valence-electron chi connectivity index (χ0n) is 18.6. The van der Waals surface area contributed by atoms with E-state index >= 15 is 0 Å².